The van der Waals surface area contributed by atoms with Crippen LogP contribution < -0.4 is 21.5 Å². The lowest BCUT2D eigenvalue weighted by Crippen LogP contribution is -2.40. The van der Waals surface area contributed by atoms with Gasteiger partial charge in [0.25, 0.3) is 0 Å². The number of aromatic nitrogens is 1. The number of anilines is 1. The zero-order valence-electron chi connectivity index (χ0n) is 28.3. The number of aliphatic hydroxyl groups excluding tert-OH is 1. The number of pyridine rings is 1. The fourth-order valence-electron chi connectivity index (χ4n) is 6.34. The summed E-state index contributed by atoms with van der Waals surface area (Å²) in [5, 5.41) is 30.6. The second-order valence-corrected chi connectivity index (χ2v) is 12.8. The molecule has 1 aromatic heterocycles. The molecule has 11 nitrogen and oxygen atoms in total. The van der Waals surface area contributed by atoms with Crippen LogP contribution in [0.25, 0.3) is 22.0 Å². The quantitative estimate of drug-likeness (QED) is 0.0955. The molecule has 1 aliphatic rings. The van der Waals surface area contributed by atoms with Crippen LogP contribution in [0.2, 0.25) is 0 Å². The minimum atomic E-state index is -0.839. The molecule has 2 heterocycles. The number of carbonyl (C=O) groups is 2. The second kappa shape index (κ2) is 16.9. The van der Waals surface area contributed by atoms with Crippen molar-refractivity contribution in [3.63, 3.8) is 0 Å². The molecular formula is C40H43N5O6. The van der Waals surface area contributed by atoms with Gasteiger partial charge in [0, 0.05) is 62.7 Å². The Hall–Kier alpha value is -5.49. The van der Waals surface area contributed by atoms with Crippen LogP contribution in [0.15, 0.2) is 108 Å². The smallest absolute Gasteiger partial charge is 0.411 e. The van der Waals surface area contributed by atoms with Gasteiger partial charge in [0.15, 0.2) is 0 Å². The number of amides is 2. The number of para-hydroxylation sites is 1. The van der Waals surface area contributed by atoms with E-state index in [-0.39, 0.29) is 29.9 Å². The highest BCUT2D eigenvalue weighted by molar-refractivity contribution is 5.91. The molecule has 2 amide bonds. The number of nitrogens with zero attached hydrogens (tertiary/aromatic N) is 1. The highest BCUT2D eigenvalue weighted by atomic mass is 16.6. The average Bonchev–Trinajstić information content (AvgIpc) is 3.15. The molecule has 1 aliphatic heterocycles. The number of carbonyl (C=O) groups excluding carboxylic acids is 2. The Morgan fingerprint density at radius 2 is 1.57 bits per heavy atom. The molecule has 51 heavy (non-hydrogen) atoms. The number of H-pyrrole nitrogens is 1. The number of piperidine rings is 1. The van der Waals surface area contributed by atoms with E-state index in [0.29, 0.717) is 61.1 Å². The van der Waals surface area contributed by atoms with Crippen molar-refractivity contribution in [2.45, 2.75) is 44.6 Å². The first-order valence-corrected chi connectivity index (χ1v) is 17.2. The summed E-state index contributed by atoms with van der Waals surface area (Å²) in [5.41, 5.74) is 5.26. The van der Waals surface area contributed by atoms with Crippen molar-refractivity contribution in [3.05, 3.63) is 130 Å². The zero-order chi connectivity index (χ0) is 35.6. The van der Waals surface area contributed by atoms with E-state index in [1.54, 1.807) is 12.1 Å². The number of phenolic OH excluding ortho intramolecular Hbond substituents is 1. The zero-order valence-corrected chi connectivity index (χ0v) is 28.3. The van der Waals surface area contributed by atoms with E-state index >= 15 is 0 Å². The van der Waals surface area contributed by atoms with Crippen LogP contribution in [-0.4, -0.2) is 64.4 Å². The minimum absolute atomic E-state index is 0.0182. The van der Waals surface area contributed by atoms with E-state index in [9.17, 15) is 24.6 Å². The van der Waals surface area contributed by atoms with E-state index in [4.69, 9.17) is 4.74 Å². The number of rotatable bonds is 13. The van der Waals surface area contributed by atoms with Crippen molar-refractivity contribution in [1.29, 1.82) is 0 Å². The van der Waals surface area contributed by atoms with Crippen molar-refractivity contribution >= 4 is 28.6 Å². The number of phenols is 1. The van der Waals surface area contributed by atoms with Crippen molar-refractivity contribution in [3.8, 4) is 16.9 Å². The molecule has 4 aromatic carbocycles. The van der Waals surface area contributed by atoms with Gasteiger partial charge < -0.3 is 35.5 Å². The van der Waals surface area contributed by atoms with Crippen LogP contribution in [-0.2, 0) is 22.6 Å². The maximum Gasteiger partial charge on any atom is 0.411 e. The van der Waals surface area contributed by atoms with Gasteiger partial charge in [-0.2, -0.15) is 0 Å². The molecule has 11 heteroatoms. The lowest BCUT2D eigenvalue weighted by atomic mass is 10.0. The number of aliphatic hydroxyl groups is 1. The normalized spacial score (nSPS) is 14.2. The first kappa shape index (κ1) is 35.3. The van der Waals surface area contributed by atoms with Gasteiger partial charge in [0.05, 0.1) is 17.3 Å². The number of benzene rings is 4. The van der Waals surface area contributed by atoms with Crippen LogP contribution in [0.5, 0.6) is 5.75 Å². The molecular weight excluding hydrogens is 646 g/mol. The number of ether oxygens (including phenoxy) is 1. The van der Waals surface area contributed by atoms with E-state index in [1.807, 2.05) is 78.9 Å². The van der Waals surface area contributed by atoms with Crippen molar-refractivity contribution in [2.75, 3.05) is 31.5 Å². The van der Waals surface area contributed by atoms with Crippen molar-refractivity contribution < 1.29 is 24.5 Å². The SMILES string of the molecule is O=C(CCN1CCC(OC(=O)Nc2ccccc2-c2ccccc2)CC1)NCc1ccc(CNCC(O)c2ccc(O)c3[nH]c(=O)ccc23)cc1. The number of likely N-dealkylation sites (tertiary alicyclic amines) is 1. The van der Waals surface area contributed by atoms with E-state index < -0.39 is 12.2 Å². The number of aromatic hydroxyl groups is 1. The van der Waals surface area contributed by atoms with Gasteiger partial charge in [0.1, 0.15) is 11.9 Å². The Balaban J connectivity index is 0.864. The molecule has 1 saturated heterocycles. The number of nitrogens with one attached hydrogen (secondary N) is 4. The topological polar surface area (TPSA) is 156 Å². The van der Waals surface area contributed by atoms with Crippen molar-refractivity contribution in [2.24, 2.45) is 0 Å². The fraction of sp³-hybridized carbons (Fsp3) is 0.275. The largest absolute Gasteiger partial charge is 0.506 e. The molecule has 6 N–H and O–H groups in total. The molecule has 6 rings (SSSR count). The lowest BCUT2D eigenvalue weighted by Gasteiger charge is -2.31. The van der Waals surface area contributed by atoms with Gasteiger partial charge in [-0.1, -0.05) is 78.9 Å². The third-order valence-corrected chi connectivity index (χ3v) is 9.16. The molecule has 1 atom stereocenters. The molecule has 0 bridgehead atoms. The van der Waals surface area contributed by atoms with Gasteiger partial charge in [-0.05, 0) is 53.3 Å². The summed E-state index contributed by atoms with van der Waals surface area (Å²) in [5.74, 6) is -0.0640. The highest BCUT2D eigenvalue weighted by Crippen LogP contribution is 2.29. The van der Waals surface area contributed by atoms with Crippen LogP contribution in [0.1, 0.15) is 42.1 Å². The van der Waals surface area contributed by atoms with Gasteiger partial charge in [-0.3, -0.25) is 14.9 Å². The molecule has 1 unspecified atom stereocenters. The third-order valence-electron chi connectivity index (χ3n) is 9.16. The predicted octanol–water partition coefficient (Wildman–Crippen LogP) is 5.44. The monoisotopic (exact) mass is 689 g/mol. The van der Waals surface area contributed by atoms with Crippen LogP contribution in [0, 0.1) is 0 Å². The van der Waals surface area contributed by atoms with E-state index in [0.717, 1.165) is 35.3 Å². The molecule has 0 spiro atoms. The summed E-state index contributed by atoms with van der Waals surface area (Å²) in [7, 11) is 0. The Bertz CT molecular complexity index is 1990. The average molecular weight is 690 g/mol. The summed E-state index contributed by atoms with van der Waals surface area (Å²) < 4.78 is 5.74. The molecule has 1 fully saturated rings. The number of hydrogen-bond donors (Lipinski definition) is 6. The first-order valence-electron chi connectivity index (χ1n) is 17.2. The second-order valence-electron chi connectivity index (χ2n) is 12.8. The van der Waals surface area contributed by atoms with Crippen LogP contribution in [0.4, 0.5) is 10.5 Å². The van der Waals surface area contributed by atoms with E-state index in [2.05, 4.69) is 25.8 Å². The number of hydrogen-bond acceptors (Lipinski definition) is 8. The minimum Gasteiger partial charge on any atom is -0.506 e. The van der Waals surface area contributed by atoms with Gasteiger partial charge in [-0.15, -0.1) is 0 Å². The molecule has 0 saturated carbocycles. The summed E-state index contributed by atoms with van der Waals surface area (Å²) in [6.07, 6.45) is 0.345. The van der Waals surface area contributed by atoms with E-state index in [1.165, 1.54) is 12.1 Å². The van der Waals surface area contributed by atoms with Gasteiger partial charge >= 0.3 is 6.09 Å². The maximum absolute atomic E-state index is 12.7. The molecule has 0 radical (unpaired) electrons. The third kappa shape index (κ3) is 9.61. The Labute approximate surface area is 296 Å². The first-order chi connectivity index (χ1) is 24.8. The summed E-state index contributed by atoms with van der Waals surface area (Å²) >= 11 is 0. The Kier molecular flexibility index (Phi) is 11.7. The summed E-state index contributed by atoms with van der Waals surface area (Å²) in [6, 6.07) is 31.6. The summed E-state index contributed by atoms with van der Waals surface area (Å²) in [6.45, 7) is 3.39. The summed E-state index contributed by atoms with van der Waals surface area (Å²) in [4.78, 5) is 41.8. The van der Waals surface area contributed by atoms with Crippen molar-refractivity contribution in [1.82, 2.24) is 20.5 Å². The fourth-order valence-corrected chi connectivity index (χ4v) is 6.34. The Morgan fingerprint density at radius 3 is 2.33 bits per heavy atom. The van der Waals surface area contributed by atoms with Gasteiger partial charge in [0.2, 0.25) is 11.5 Å². The highest BCUT2D eigenvalue weighted by Gasteiger charge is 2.23. The number of aromatic amines is 1. The molecule has 264 valence electrons. The number of fused-ring (bicyclic) bond motifs is 1. The molecule has 0 aliphatic carbocycles. The van der Waals surface area contributed by atoms with Crippen LogP contribution in [0.3, 0.4) is 0 Å². The predicted molar refractivity (Wildman–Crippen MR) is 197 cm³/mol. The van der Waals surface area contributed by atoms with Crippen LogP contribution >= 0.6 is 0 Å². The maximum atomic E-state index is 12.7. The molecule has 5 aromatic rings. The Morgan fingerprint density at radius 1 is 0.863 bits per heavy atom. The standard InChI is InChI=1S/C40H43N5O6/c46-35-16-14-32(33-15-17-38(49)44-39(33)35)36(47)26-41-24-27-10-12-28(13-11-27)25-42-37(48)20-23-45-21-18-30(19-22-45)51-40(50)43-34-9-5-4-8-31(34)29-6-2-1-3-7-29/h1-17,30,36,41,46-47H,18-26H2,(H,42,48)(H,43,50)(H,44,49). The lowest BCUT2D eigenvalue weighted by molar-refractivity contribution is -0.121. The van der Waals surface area contributed by atoms with Gasteiger partial charge in [-0.25, -0.2) is 4.79 Å².